The van der Waals surface area contributed by atoms with Crippen LogP contribution in [-0.4, -0.2) is 5.11 Å². The zero-order chi connectivity index (χ0) is 12.3. The van der Waals surface area contributed by atoms with E-state index in [1.807, 2.05) is 30.3 Å². The summed E-state index contributed by atoms with van der Waals surface area (Å²) in [5, 5.41) is 0.225. The summed E-state index contributed by atoms with van der Waals surface area (Å²) in [4.78, 5) is 1.69. The molecule has 0 unspecified atom stereocenters. The summed E-state index contributed by atoms with van der Waals surface area (Å²) in [5.41, 5.74) is 7.30. The first-order chi connectivity index (χ1) is 8.18. The predicted octanol–water partition coefficient (Wildman–Crippen LogP) is 3.21. The van der Waals surface area contributed by atoms with Gasteiger partial charge in [0.1, 0.15) is 5.82 Å². The van der Waals surface area contributed by atoms with Gasteiger partial charge in [0, 0.05) is 11.4 Å². The normalized spacial score (nSPS) is 9.94. The Morgan fingerprint density at radius 3 is 2.00 bits per heavy atom. The lowest BCUT2D eigenvalue weighted by Gasteiger charge is -2.22. The summed E-state index contributed by atoms with van der Waals surface area (Å²) in [6.07, 6.45) is 0. The fraction of sp³-hybridized carbons (Fsp3) is 0. The molecule has 2 aromatic carbocycles. The second-order valence-corrected chi connectivity index (χ2v) is 3.90. The molecule has 0 radical (unpaired) electrons. The van der Waals surface area contributed by atoms with Crippen LogP contribution in [0.4, 0.5) is 15.8 Å². The van der Waals surface area contributed by atoms with E-state index in [-0.39, 0.29) is 10.9 Å². The zero-order valence-corrected chi connectivity index (χ0v) is 9.82. The number of nitrogens with zero attached hydrogens (tertiary/aromatic N) is 1. The first-order valence-electron chi connectivity index (χ1n) is 5.08. The van der Waals surface area contributed by atoms with E-state index < -0.39 is 0 Å². The lowest BCUT2D eigenvalue weighted by atomic mass is 10.2. The van der Waals surface area contributed by atoms with Gasteiger partial charge in [0.2, 0.25) is 0 Å². The molecule has 0 aliphatic rings. The van der Waals surface area contributed by atoms with Gasteiger partial charge in [0.05, 0.1) is 0 Å². The molecule has 86 valence electrons. The number of hydrogen-bond donors (Lipinski definition) is 1. The standard InChI is InChI=1S/C13H11FN2S/c14-10-6-8-12(9-7-10)16(13(15)17)11-4-2-1-3-5-11/h1-9H,(H2,15,17). The second-order valence-electron chi connectivity index (χ2n) is 3.49. The van der Waals surface area contributed by atoms with E-state index in [2.05, 4.69) is 0 Å². The van der Waals surface area contributed by atoms with Crippen LogP contribution in [0.25, 0.3) is 0 Å². The molecule has 2 aromatic rings. The third-order valence-corrected chi connectivity index (χ3v) is 2.50. The molecule has 0 amide bonds. The molecule has 2 rings (SSSR count). The summed E-state index contributed by atoms with van der Waals surface area (Å²) >= 11 is 5.02. The molecule has 2 N–H and O–H groups in total. The number of rotatable bonds is 2. The SMILES string of the molecule is NC(=S)N(c1ccccc1)c1ccc(F)cc1. The van der Waals surface area contributed by atoms with Crippen LogP contribution in [0.5, 0.6) is 0 Å². The summed E-state index contributed by atoms with van der Waals surface area (Å²) in [6, 6.07) is 15.5. The molecule has 17 heavy (non-hydrogen) atoms. The maximum atomic E-state index is 12.9. The van der Waals surface area contributed by atoms with E-state index in [0.29, 0.717) is 0 Å². The van der Waals surface area contributed by atoms with Crippen LogP contribution in [0.3, 0.4) is 0 Å². The second kappa shape index (κ2) is 4.93. The van der Waals surface area contributed by atoms with Crippen molar-refractivity contribution in [2.45, 2.75) is 0 Å². The van der Waals surface area contributed by atoms with Crippen LogP contribution < -0.4 is 10.6 Å². The lowest BCUT2D eigenvalue weighted by molar-refractivity contribution is 0.628. The lowest BCUT2D eigenvalue weighted by Crippen LogP contribution is -2.31. The molecule has 0 saturated heterocycles. The van der Waals surface area contributed by atoms with E-state index in [9.17, 15) is 4.39 Å². The first kappa shape index (κ1) is 11.5. The van der Waals surface area contributed by atoms with Gasteiger partial charge in [-0.2, -0.15) is 0 Å². The minimum absolute atomic E-state index is 0.225. The van der Waals surface area contributed by atoms with Crippen molar-refractivity contribution >= 4 is 28.7 Å². The molecule has 0 spiro atoms. The number of nitrogens with two attached hydrogens (primary N) is 1. The van der Waals surface area contributed by atoms with Crippen LogP contribution >= 0.6 is 12.2 Å². The van der Waals surface area contributed by atoms with Gasteiger partial charge >= 0.3 is 0 Å². The van der Waals surface area contributed by atoms with Crippen molar-refractivity contribution in [1.29, 1.82) is 0 Å². The fourth-order valence-electron chi connectivity index (χ4n) is 1.57. The highest BCUT2D eigenvalue weighted by Crippen LogP contribution is 2.24. The van der Waals surface area contributed by atoms with Crippen LogP contribution in [0.15, 0.2) is 54.6 Å². The number of para-hydroxylation sites is 1. The Labute approximate surface area is 104 Å². The van der Waals surface area contributed by atoms with Crippen molar-refractivity contribution < 1.29 is 4.39 Å². The van der Waals surface area contributed by atoms with E-state index in [0.717, 1.165) is 11.4 Å². The molecule has 0 bridgehead atoms. The molecule has 0 aliphatic carbocycles. The number of anilines is 2. The summed E-state index contributed by atoms with van der Waals surface area (Å²) in [5.74, 6) is -0.287. The van der Waals surface area contributed by atoms with E-state index in [4.69, 9.17) is 18.0 Å². The molecule has 0 aromatic heterocycles. The van der Waals surface area contributed by atoms with Gasteiger partial charge in [-0.05, 0) is 48.6 Å². The summed E-state index contributed by atoms with van der Waals surface area (Å²) in [7, 11) is 0. The molecular formula is C13H11FN2S. The van der Waals surface area contributed by atoms with Crippen molar-refractivity contribution in [3.63, 3.8) is 0 Å². The van der Waals surface area contributed by atoms with Crippen LogP contribution in [0.2, 0.25) is 0 Å². The molecule has 0 heterocycles. The Morgan fingerprint density at radius 2 is 1.47 bits per heavy atom. The van der Waals surface area contributed by atoms with Crippen molar-refractivity contribution in [1.82, 2.24) is 0 Å². The van der Waals surface area contributed by atoms with Gasteiger partial charge in [-0.3, -0.25) is 4.90 Å². The summed E-state index contributed by atoms with van der Waals surface area (Å²) < 4.78 is 12.9. The smallest absolute Gasteiger partial charge is 0.175 e. The van der Waals surface area contributed by atoms with Crippen molar-refractivity contribution in [2.75, 3.05) is 4.90 Å². The number of benzene rings is 2. The monoisotopic (exact) mass is 246 g/mol. The third kappa shape index (κ3) is 2.60. The van der Waals surface area contributed by atoms with Gasteiger partial charge in [-0.1, -0.05) is 18.2 Å². The predicted molar refractivity (Wildman–Crippen MR) is 71.8 cm³/mol. The Hall–Kier alpha value is -1.94. The molecule has 0 fully saturated rings. The maximum absolute atomic E-state index is 12.9. The topological polar surface area (TPSA) is 29.3 Å². The van der Waals surface area contributed by atoms with Gasteiger partial charge < -0.3 is 5.73 Å². The summed E-state index contributed by atoms with van der Waals surface area (Å²) in [6.45, 7) is 0. The molecule has 0 saturated carbocycles. The largest absolute Gasteiger partial charge is 0.376 e. The fourth-order valence-corrected chi connectivity index (χ4v) is 1.78. The molecule has 0 atom stereocenters. The number of halogens is 1. The van der Waals surface area contributed by atoms with Crippen molar-refractivity contribution in [3.05, 3.63) is 60.4 Å². The molecule has 4 heteroatoms. The Balaban J connectivity index is 2.43. The third-order valence-electron chi connectivity index (χ3n) is 2.32. The van der Waals surface area contributed by atoms with Gasteiger partial charge in [0.15, 0.2) is 5.11 Å². The van der Waals surface area contributed by atoms with Crippen LogP contribution in [0, 0.1) is 5.82 Å². The van der Waals surface area contributed by atoms with Crippen LogP contribution in [-0.2, 0) is 0 Å². The molecular weight excluding hydrogens is 235 g/mol. The zero-order valence-electron chi connectivity index (χ0n) is 9.01. The van der Waals surface area contributed by atoms with E-state index in [1.54, 1.807) is 17.0 Å². The quantitative estimate of drug-likeness (QED) is 0.825. The Morgan fingerprint density at radius 1 is 0.941 bits per heavy atom. The average Bonchev–Trinajstić information content (AvgIpc) is 2.33. The van der Waals surface area contributed by atoms with Gasteiger partial charge in [0.25, 0.3) is 0 Å². The van der Waals surface area contributed by atoms with Gasteiger partial charge in [-0.15, -0.1) is 0 Å². The molecule has 0 aliphatic heterocycles. The highest BCUT2D eigenvalue weighted by atomic mass is 32.1. The average molecular weight is 246 g/mol. The minimum Gasteiger partial charge on any atom is -0.376 e. The van der Waals surface area contributed by atoms with E-state index in [1.165, 1.54) is 12.1 Å². The van der Waals surface area contributed by atoms with Crippen molar-refractivity contribution in [3.8, 4) is 0 Å². The minimum atomic E-state index is -0.287. The number of hydrogen-bond acceptors (Lipinski definition) is 1. The first-order valence-corrected chi connectivity index (χ1v) is 5.49. The van der Waals surface area contributed by atoms with Crippen molar-refractivity contribution in [2.24, 2.45) is 5.73 Å². The number of thiocarbonyl (C=S) groups is 1. The highest BCUT2D eigenvalue weighted by molar-refractivity contribution is 7.80. The maximum Gasteiger partial charge on any atom is 0.175 e. The highest BCUT2D eigenvalue weighted by Gasteiger charge is 2.11. The molecule has 2 nitrogen and oxygen atoms in total. The Bertz CT molecular complexity index is 511. The Kier molecular flexibility index (Phi) is 3.35. The van der Waals surface area contributed by atoms with Gasteiger partial charge in [-0.25, -0.2) is 4.39 Å². The van der Waals surface area contributed by atoms with E-state index >= 15 is 0 Å². The van der Waals surface area contributed by atoms with Crippen LogP contribution in [0.1, 0.15) is 0 Å².